The molecule has 1 aromatic rings. The van der Waals surface area contributed by atoms with E-state index < -0.39 is 0 Å². The zero-order valence-corrected chi connectivity index (χ0v) is 12.3. The van der Waals surface area contributed by atoms with Crippen molar-refractivity contribution < 1.29 is 14.6 Å². The van der Waals surface area contributed by atoms with Crippen molar-refractivity contribution in [3.8, 4) is 11.5 Å². The summed E-state index contributed by atoms with van der Waals surface area (Å²) in [5, 5.41) is 12.9. The molecular formula is C16H23NO3. The SMILES string of the molecule is COc1ccc(O)c(C(=O)NC2CC(C)CC(C)C2)c1. The molecule has 0 aromatic heterocycles. The summed E-state index contributed by atoms with van der Waals surface area (Å²) in [6.45, 7) is 4.44. The van der Waals surface area contributed by atoms with Crippen molar-refractivity contribution in [3.63, 3.8) is 0 Å². The zero-order valence-electron chi connectivity index (χ0n) is 12.3. The Morgan fingerprint density at radius 1 is 1.25 bits per heavy atom. The number of phenolic OH excluding ortho intramolecular Hbond substituents is 1. The van der Waals surface area contributed by atoms with E-state index in [1.54, 1.807) is 19.2 Å². The van der Waals surface area contributed by atoms with Crippen LogP contribution in [0.15, 0.2) is 18.2 Å². The first kappa shape index (κ1) is 14.7. The Hall–Kier alpha value is -1.71. The molecular weight excluding hydrogens is 254 g/mol. The smallest absolute Gasteiger partial charge is 0.255 e. The van der Waals surface area contributed by atoms with Crippen molar-refractivity contribution in [2.75, 3.05) is 7.11 Å². The molecule has 20 heavy (non-hydrogen) atoms. The van der Waals surface area contributed by atoms with Crippen molar-refractivity contribution in [2.45, 2.75) is 39.2 Å². The second-order valence-electron chi connectivity index (χ2n) is 5.97. The van der Waals surface area contributed by atoms with Gasteiger partial charge in [-0.25, -0.2) is 0 Å². The van der Waals surface area contributed by atoms with Crippen LogP contribution in [0.1, 0.15) is 43.5 Å². The lowest BCUT2D eigenvalue weighted by Crippen LogP contribution is -2.40. The number of ether oxygens (including phenoxy) is 1. The van der Waals surface area contributed by atoms with E-state index in [1.807, 2.05) is 0 Å². The molecule has 2 atom stereocenters. The number of aromatic hydroxyl groups is 1. The predicted molar refractivity (Wildman–Crippen MR) is 78.1 cm³/mol. The Kier molecular flexibility index (Phi) is 4.53. The third-order valence-electron chi connectivity index (χ3n) is 3.96. The molecule has 0 heterocycles. The molecule has 0 radical (unpaired) electrons. The fourth-order valence-electron chi connectivity index (χ4n) is 3.15. The number of carbonyl (C=O) groups excluding carboxylic acids is 1. The number of nitrogens with one attached hydrogen (secondary N) is 1. The van der Waals surface area contributed by atoms with E-state index in [1.165, 1.54) is 12.5 Å². The lowest BCUT2D eigenvalue weighted by Gasteiger charge is -2.32. The van der Waals surface area contributed by atoms with Crippen LogP contribution in [0.3, 0.4) is 0 Å². The minimum atomic E-state index is -0.229. The topological polar surface area (TPSA) is 58.6 Å². The van der Waals surface area contributed by atoms with Crippen molar-refractivity contribution in [2.24, 2.45) is 11.8 Å². The van der Waals surface area contributed by atoms with Crippen LogP contribution in [0.4, 0.5) is 0 Å². The number of phenols is 1. The molecule has 1 aliphatic rings. The standard InChI is InChI=1S/C16H23NO3/c1-10-6-11(2)8-12(7-10)17-16(19)14-9-13(20-3)4-5-15(14)18/h4-5,9-12,18H,6-8H2,1-3H3,(H,17,19). The summed E-state index contributed by atoms with van der Waals surface area (Å²) in [4.78, 5) is 12.3. The number of hydrogen-bond donors (Lipinski definition) is 2. The molecule has 1 aliphatic carbocycles. The van der Waals surface area contributed by atoms with Crippen molar-refractivity contribution in [1.82, 2.24) is 5.32 Å². The third-order valence-corrected chi connectivity index (χ3v) is 3.96. The summed E-state index contributed by atoms with van der Waals surface area (Å²) in [6, 6.07) is 4.88. The molecule has 2 rings (SSSR count). The van der Waals surface area contributed by atoms with E-state index in [0.29, 0.717) is 17.6 Å². The van der Waals surface area contributed by atoms with Gasteiger partial charge in [-0.05, 0) is 49.3 Å². The van der Waals surface area contributed by atoms with Crippen molar-refractivity contribution in [1.29, 1.82) is 0 Å². The van der Waals surface area contributed by atoms with Crippen molar-refractivity contribution in [3.05, 3.63) is 23.8 Å². The summed E-state index contributed by atoms with van der Waals surface area (Å²) in [7, 11) is 1.54. The number of hydrogen-bond acceptors (Lipinski definition) is 3. The molecule has 1 amide bonds. The molecule has 1 fully saturated rings. The van der Waals surface area contributed by atoms with E-state index in [2.05, 4.69) is 19.2 Å². The highest BCUT2D eigenvalue weighted by Crippen LogP contribution is 2.29. The van der Waals surface area contributed by atoms with Crippen LogP contribution < -0.4 is 10.1 Å². The molecule has 2 N–H and O–H groups in total. The lowest BCUT2D eigenvalue weighted by atomic mass is 9.80. The zero-order chi connectivity index (χ0) is 14.7. The average Bonchev–Trinajstić information content (AvgIpc) is 2.37. The van der Waals surface area contributed by atoms with Crippen LogP contribution in [0.2, 0.25) is 0 Å². The maximum atomic E-state index is 12.3. The number of carbonyl (C=O) groups is 1. The van der Waals surface area contributed by atoms with Gasteiger partial charge in [-0.1, -0.05) is 13.8 Å². The second kappa shape index (κ2) is 6.16. The quantitative estimate of drug-likeness (QED) is 0.893. The Morgan fingerprint density at radius 3 is 2.50 bits per heavy atom. The van der Waals surface area contributed by atoms with Gasteiger partial charge >= 0.3 is 0 Å². The Bertz CT molecular complexity index is 477. The largest absolute Gasteiger partial charge is 0.507 e. The van der Waals surface area contributed by atoms with Gasteiger partial charge in [-0.2, -0.15) is 0 Å². The first-order valence-electron chi connectivity index (χ1n) is 7.17. The summed E-state index contributed by atoms with van der Waals surface area (Å²) >= 11 is 0. The Morgan fingerprint density at radius 2 is 1.90 bits per heavy atom. The highest BCUT2D eigenvalue weighted by molar-refractivity contribution is 5.97. The minimum absolute atomic E-state index is 0.0137. The number of rotatable bonds is 3. The van der Waals surface area contributed by atoms with Crippen LogP contribution >= 0.6 is 0 Å². The molecule has 4 nitrogen and oxygen atoms in total. The maximum absolute atomic E-state index is 12.3. The van der Waals surface area contributed by atoms with Gasteiger partial charge in [0.2, 0.25) is 0 Å². The molecule has 0 spiro atoms. The van der Waals surface area contributed by atoms with E-state index in [0.717, 1.165) is 12.8 Å². The second-order valence-corrected chi connectivity index (χ2v) is 5.97. The normalized spacial score (nSPS) is 26.1. The lowest BCUT2D eigenvalue weighted by molar-refractivity contribution is 0.0908. The number of methoxy groups -OCH3 is 1. The van der Waals surface area contributed by atoms with Crippen LogP contribution in [-0.2, 0) is 0 Å². The van der Waals surface area contributed by atoms with Gasteiger partial charge in [-0.15, -0.1) is 0 Å². The highest BCUT2D eigenvalue weighted by atomic mass is 16.5. The minimum Gasteiger partial charge on any atom is -0.507 e. The molecule has 110 valence electrons. The van der Waals surface area contributed by atoms with Gasteiger partial charge in [0.25, 0.3) is 5.91 Å². The molecule has 1 saturated carbocycles. The molecule has 0 aliphatic heterocycles. The molecule has 0 bridgehead atoms. The number of benzene rings is 1. The van der Waals surface area contributed by atoms with Gasteiger partial charge in [0, 0.05) is 6.04 Å². The first-order valence-corrected chi connectivity index (χ1v) is 7.17. The van der Waals surface area contributed by atoms with E-state index in [9.17, 15) is 9.90 Å². The van der Waals surface area contributed by atoms with E-state index >= 15 is 0 Å². The first-order chi connectivity index (χ1) is 9.49. The van der Waals surface area contributed by atoms with E-state index in [-0.39, 0.29) is 23.3 Å². The summed E-state index contributed by atoms with van der Waals surface area (Å²) in [5.41, 5.74) is 0.273. The van der Waals surface area contributed by atoms with Crippen LogP contribution in [0.25, 0.3) is 0 Å². The molecule has 1 aromatic carbocycles. The summed E-state index contributed by atoms with van der Waals surface area (Å²) in [5.74, 6) is 1.58. The Balaban J connectivity index is 2.08. The Labute approximate surface area is 120 Å². The van der Waals surface area contributed by atoms with Gasteiger partial charge < -0.3 is 15.2 Å². The number of amides is 1. The highest BCUT2D eigenvalue weighted by Gasteiger charge is 2.26. The summed E-state index contributed by atoms with van der Waals surface area (Å²) < 4.78 is 5.09. The van der Waals surface area contributed by atoms with Crippen LogP contribution in [0, 0.1) is 11.8 Å². The van der Waals surface area contributed by atoms with Gasteiger partial charge in [0.05, 0.1) is 12.7 Å². The monoisotopic (exact) mass is 277 g/mol. The third kappa shape index (κ3) is 3.44. The average molecular weight is 277 g/mol. The molecule has 2 unspecified atom stereocenters. The predicted octanol–water partition coefficient (Wildman–Crippen LogP) is 2.96. The van der Waals surface area contributed by atoms with Crippen LogP contribution in [0.5, 0.6) is 11.5 Å². The fourth-order valence-corrected chi connectivity index (χ4v) is 3.15. The summed E-state index contributed by atoms with van der Waals surface area (Å²) in [6.07, 6.45) is 3.22. The fraction of sp³-hybridized carbons (Fsp3) is 0.562. The molecule has 4 heteroatoms. The molecule has 0 saturated heterocycles. The van der Waals surface area contributed by atoms with E-state index in [4.69, 9.17) is 4.74 Å². The van der Waals surface area contributed by atoms with Gasteiger partial charge in [0.15, 0.2) is 0 Å². The maximum Gasteiger partial charge on any atom is 0.255 e. The van der Waals surface area contributed by atoms with Gasteiger partial charge in [-0.3, -0.25) is 4.79 Å². The van der Waals surface area contributed by atoms with Gasteiger partial charge in [0.1, 0.15) is 11.5 Å². The van der Waals surface area contributed by atoms with Crippen molar-refractivity contribution >= 4 is 5.91 Å². The van der Waals surface area contributed by atoms with Crippen LogP contribution in [-0.4, -0.2) is 24.2 Å².